The number of amidine groups is 3. The second-order valence-corrected chi connectivity index (χ2v) is 5.53. The zero-order valence-electron chi connectivity index (χ0n) is 10.5. The Hall–Kier alpha value is -1.86. The first kappa shape index (κ1) is 13.1. The van der Waals surface area contributed by atoms with Gasteiger partial charge in [0.05, 0.1) is 17.5 Å². The predicted molar refractivity (Wildman–Crippen MR) is 85.0 cm³/mol. The molecule has 0 radical (unpaired) electrons. The third kappa shape index (κ3) is 2.19. The topological polar surface area (TPSA) is 68.9 Å². The highest BCUT2D eigenvalue weighted by Gasteiger charge is 2.36. The lowest BCUT2D eigenvalue weighted by molar-refractivity contribution is -0.114. The van der Waals surface area contributed by atoms with Crippen molar-refractivity contribution in [2.24, 2.45) is 9.39 Å². The van der Waals surface area contributed by atoms with Crippen molar-refractivity contribution in [2.75, 3.05) is 6.26 Å². The molecule has 0 atom stereocenters. The van der Waals surface area contributed by atoms with Crippen molar-refractivity contribution in [1.82, 2.24) is 4.90 Å². The molecule has 5 nitrogen and oxygen atoms in total. The van der Waals surface area contributed by atoms with Crippen LogP contribution < -0.4 is 0 Å². The standard InChI is InChI=1S/C13H10N4OS2/c1-19-13-16-20-12-15-11(18)9(10(14)17(12)13)7-8-5-3-2-4-6-8/h2-7,14H,1H3. The van der Waals surface area contributed by atoms with Crippen LogP contribution in [-0.2, 0) is 4.79 Å². The van der Waals surface area contributed by atoms with Crippen molar-refractivity contribution in [3.63, 3.8) is 0 Å². The zero-order valence-corrected chi connectivity index (χ0v) is 12.2. The van der Waals surface area contributed by atoms with Gasteiger partial charge in [-0.1, -0.05) is 42.1 Å². The SMILES string of the molecule is CSC1=NSC2=NC(=O)C(=Cc3ccccc3)C(=N)N12. The Labute approximate surface area is 124 Å². The molecule has 2 aliphatic heterocycles. The van der Waals surface area contributed by atoms with Crippen LogP contribution in [0.25, 0.3) is 6.08 Å². The smallest absolute Gasteiger partial charge is 0.283 e. The van der Waals surface area contributed by atoms with Crippen molar-refractivity contribution in [2.45, 2.75) is 0 Å². The quantitative estimate of drug-likeness (QED) is 0.639. The maximum Gasteiger partial charge on any atom is 0.283 e. The van der Waals surface area contributed by atoms with E-state index in [9.17, 15) is 4.79 Å². The Morgan fingerprint density at radius 2 is 2.10 bits per heavy atom. The summed E-state index contributed by atoms with van der Waals surface area (Å²) in [6.07, 6.45) is 3.57. The summed E-state index contributed by atoms with van der Waals surface area (Å²) in [6.45, 7) is 0. The average Bonchev–Trinajstić information content (AvgIpc) is 2.87. The largest absolute Gasteiger partial charge is 0.283 e. The Morgan fingerprint density at radius 3 is 2.80 bits per heavy atom. The molecule has 0 saturated heterocycles. The molecule has 2 aliphatic rings. The summed E-state index contributed by atoms with van der Waals surface area (Å²) in [7, 11) is 0. The Kier molecular flexibility index (Phi) is 3.45. The van der Waals surface area contributed by atoms with Crippen molar-refractivity contribution < 1.29 is 4.79 Å². The van der Waals surface area contributed by atoms with Gasteiger partial charge in [0.25, 0.3) is 5.91 Å². The van der Waals surface area contributed by atoms with Gasteiger partial charge in [0.2, 0.25) is 5.17 Å². The number of carbonyl (C=O) groups excluding carboxylic acids is 1. The number of thioether (sulfide) groups is 1. The maximum atomic E-state index is 12.1. The van der Waals surface area contributed by atoms with Gasteiger partial charge in [0, 0.05) is 0 Å². The third-order valence-electron chi connectivity index (χ3n) is 2.79. The van der Waals surface area contributed by atoms with E-state index in [0.29, 0.717) is 10.3 Å². The fraction of sp³-hybridized carbons (Fsp3) is 0.0769. The number of rotatable bonds is 1. The van der Waals surface area contributed by atoms with Crippen LogP contribution in [0.4, 0.5) is 0 Å². The van der Waals surface area contributed by atoms with Crippen LogP contribution in [-0.4, -0.2) is 33.2 Å². The minimum Gasteiger partial charge on any atom is -0.283 e. The molecule has 1 aromatic rings. The molecule has 7 heteroatoms. The molecule has 0 bridgehead atoms. The molecule has 0 spiro atoms. The van der Waals surface area contributed by atoms with E-state index >= 15 is 0 Å². The van der Waals surface area contributed by atoms with Crippen molar-refractivity contribution in [3.05, 3.63) is 41.5 Å². The summed E-state index contributed by atoms with van der Waals surface area (Å²) in [5, 5.41) is 9.36. The molecule has 1 amide bonds. The van der Waals surface area contributed by atoms with Gasteiger partial charge in [-0.25, -0.2) is 4.90 Å². The normalized spacial score (nSPS) is 20.1. The lowest BCUT2D eigenvalue weighted by Crippen LogP contribution is -2.41. The minimum absolute atomic E-state index is 0.127. The summed E-state index contributed by atoms with van der Waals surface area (Å²) in [5.74, 6) is -0.267. The van der Waals surface area contributed by atoms with Crippen LogP contribution in [0.3, 0.4) is 0 Å². The summed E-state index contributed by atoms with van der Waals surface area (Å²) in [4.78, 5) is 17.7. The summed E-state index contributed by atoms with van der Waals surface area (Å²) in [6, 6.07) is 9.45. The fourth-order valence-corrected chi connectivity index (χ4v) is 3.30. The van der Waals surface area contributed by atoms with E-state index in [-0.39, 0.29) is 11.4 Å². The van der Waals surface area contributed by atoms with Crippen LogP contribution in [0.2, 0.25) is 0 Å². The number of carbonyl (C=O) groups is 1. The lowest BCUT2D eigenvalue weighted by Gasteiger charge is -2.23. The summed E-state index contributed by atoms with van der Waals surface area (Å²) >= 11 is 2.56. The van der Waals surface area contributed by atoms with E-state index in [2.05, 4.69) is 9.39 Å². The molecule has 2 heterocycles. The number of benzene rings is 1. The molecule has 1 N–H and O–H groups in total. The van der Waals surface area contributed by atoms with Crippen molar-refractivity contribution >= 4 is 51.9 Å². The number of fused-ring (bicyclic) bond motifs is 1. The zero-order chi connectivity index (χ0) is 14.1. The molecule has 100 valence electrons. The molecular formula is C13H10N4OS2. The number of hydrogen-bond acceptors (Lipinski definition) is 5. The Morgan fingerprint density at radius 1 is 1.35 bits per heavy atom. The molecule has 20 heavy (non-hydrogen) atoms. The number of aliphatic imine (C=N–C) groups is 1. The van der Waals surface area contributed by atoms with E-state index in [1.54, 1.807) is 11.0 Å². The van der Waals surface area contributed by atoms with E-state index in [0.717, 1.165) is 17.5 Å². The first-order chi connectivity index (χ1) is 9.70. The number of hydrogen-bond donors (Lipinski definition) is 1. The van der Waals surface area contributed by atoms with Gasteiger partial charge in [-0.3, -0.25) is 10.2 Å². The van der Waals surface area contributed by atoms with Gasteiger partial charge >= 0.3 is 0 Å². The monoisotopic (exact) mass is 302 g/mol. The molecule has 0 aliphatic carbocycles. The first-order valence-electron chi connectivity index (χ1n) is 5.78. The second-order valence-electron chi connectivity index (χ2n) is 4.02. The minimum atomic E-state index is -0.393. The van der Waals surface area contributed by atoms with Gasteiger partial charge < -0.3 is 0 Å². The average molecular weight is 302 g/mol. The van der Waals surface area contributed by atoms with Gasteiger partial charge in [0.1, 0.15) is 5.84 Å². The van der Waals surface area contributed by atoms with Crippen LogP contribution in [0.15, 0.2) is 45.3 Å². The number of nitrogens with one attached hydrogen (secondary N) is 1. The Bertz CT molecular complexity index is 679. The van der Waals surface area contributed by atoms with E-state index < -0.39 is 5.91 Å². The lowest BCUT2D eigenvalue weighted by atomic mass is 10.1. The summed E-state index contributed by atoms with van der Waals surface area (Å²) in [5.41, 5.74) is 1.15. The molecular weight excluding hydrogens is 292 g/mol. The maximum absolute atomic E-state index is 12.1. The van der Waals surface area contributed by atoms with E-state index in [4.69, 9.17) is 5.41 Å². The molecule has 0 saturated carbocycles. The van der Waals surface area contributed by atoms with Crippen LogP contribution >= 0.6 is 23.7 Å². The number of amides is 1. The predicted octanol–water partition coefficient (Wildman–Crippen LogP) is 2.63. The molecule has 0 unspecified atom stereocenters. The summed E-state index contributed by atoms with van der Waals surface area (Å²) < 4.78 is 4.20. The van der Waals surface area contributed by atoms with Gasteiger partial charge in [-0.15, -0.1) is 0 Å². The second kappa shape index (κ2) is 5.26. The third-order valence-corrected chi connectivity index (χ3v) is 4.24. The van der Waals surface area contributed by atoms with Gasteiger partial charge in [0.15, 0.2) is 5.17 Å². The highest BCUT2D eigenvalue weighted by atomic mass is 32.2. The highest BCUT2D eigenvalue weighted by Crippen LogP contribution is 2.30. The van der Waals surface area contributed by atoms with Crippen LogP contribution in [0.5, 0.6) is 0 Å². The highest BCUT2D eigenvalue weighted by molar-refractivity contribution is 8.18. The van der Waals surface area contributed by atoms with Gasteiger partial charge in [-0.05, 0) is 17.9 Å². The number of nitrogens with zero attached hydrogens (tertiary/aromatic N) is 3. The van der Waals surface area contributed by atoms with E-state index in [1.807, 2.05) is 36.6 Å². The van der Waals surface area contributed by atoms with Crippen LogP contribution in [0, 0.1) is 5.41 Å². The molecule has 3 rings (SSSR count). The first-order valence-corrected chi connectivity index (χ1v) is 7.78. The Balaban J connectivity index is 2.02. The van der Waals surface area contributed by atoms with E-state index in [1.165, 1.54) is 11.8 Å². The van der Waals surface area contributed by atoms with Gasteiger partial charge in [-0.2, -0.15) is 9.39 Å². The van der Waals surface area contributed by atoms with Crippen molar-refractivity contribution in [3.8, 4) is 0 Å². The van der Waals surface area contributed by atoms with Crippen LogP contribution in [0.1, 0.15) is 5.56 Å². The molecule has 1 aromatic carbocycles. The van der Waals surface area contributed by atoms with Crippen molar-refractivity contribution in [1.29, 1.82) is 5.41 Å². The molecule has 0 aromatic heterocycles. The molecule has 0 fully saturated rings. The fourth-order valence-electron chi connectivity index (χ4n) is 1.85.